The number of carbonyl (C=O) groups is 1. The van der Waals surface area contributed by atoms with Crippen molar-refractivity contribution in [3.8, 4) is 0 Å². The third kappa shape index (κ3) is 3.85. The molecule has 1 aromatic carbocycles. The summed E-state index contributed by atoms with van der Waals surface area (Å²) in [4.78, 5) is 15.9. The van der Waals surface area contributed by atoms with E-state index in [9.17, 15) is 18.3 Å². The largest absolute Gasteiger partial charge is 0.481 e. The van der Waals surface area contributed by atoms with Crippen LogP contribution in [0.2, 0.25) is 0 Å². The van der Waals surface area contributed by atoms with Gasteiger partial charge in [0.05, 0.1) is 17.3 Å². The maximum Gasteiger partial charge on any atom is 0.303 e. The highest BCUT2D eigenvalue weighted by Gasteiger charge is 2.35. The molecule has 3 rings (SSSR count). The topological polar surface area (TPSA) is 92.5 Å². The number of sulfonamides is 1. The Morgan fingerprint density at radius 1 is 1.32 bits per heavy atom. The molecule has 2 aromatic rings. The van der Waals surface area contributed by atoms with Crippen LogP contribution in [0.1, 0.15) is 18.7 Å². The number of imidazole rings is 1. The Morgan fingerprint density at radius 3 is 2.68 bits per heavy atom. The number of carboxylic acid groups (broad SMARTS) is 1. The number of piperidine rings is 1. The number of benzene rings is 1. The van der Waals surface area contributed by atoms with Gasteiger partial charge in [0.2, 0.25) is 10.0 Å². The first-order chi connectivity index (χ1) is 11.8. The fraction of sp³-hybridized carbons (Fsp3) is 0.529. The average Bonchev–Trinajstić information content (AvgIpc) is 2.84. The third-order valence-electron chi connectivity index (χ3n) is 5.08. The number of aliphatic carboxylic acids is 1. The molecule has 136 valence electrons. The maximum absolute atomic E-state index is 11.9. The summed E-state index contributed by atoms with van der Waals surface area (Å²) >= 11 is 0. The Labute approximate surface area is 147 Å². The number of aromatic nitrogens is 2. The number of fused-ring (bicyclic) bond motifs is 1. The third-order valence-corrected chi connectivity index (χ3v) is 6.35. The lowest BCUT2D eigenvalue weighted by Crippen LogP contribution is -2.44. The summed E-state index contributed by atoms with van der Waals surface area (Å²) in [5.41, 5.74) is 1.91. The van der Waals surface area contributed by atoms with Crippen LogP contribution in [0, 0.1) is 11.8 Å². The van der Waals surface area contributed by atoms with Crippen LogP contribution in [0.3, 0.4) is 0 Å². The molecule has 8 heteroatoms. The zero-order chi connectivity index (χ0) is 18.2. The Morgan fingerprint density at radius 2 is 2.04 bits per heavy atom. The molecule has 2 atom stereocenters. The first kappa shape index (κ1) is 17.9. The number of hydrogen-bond acceptors (Lipinski definition) is 4. The highest BCUT2D eigenvalue weighted by Crippen LogP contribution is 2.31. The molecule has 1 aromatic heterocycles. The Bertz CT molecular complexity index is 890. The molecule has 1 aliphatic rings. The lowest BCUT2D eigenvalue weighted by molar-refractivity contribution is -0.138. The fourth-order valence-electron chi connectivity index (χ4n) is 3.69. The highest BCUT2D eigenvalue weighted by molar-refractivity contribution is 7.88. The molecule has 1 fully saturated rings. The van der Waals surface area contributed by atoms with E-state index in [4.69, 9.17) is 0 Å². The van der Waals surface area contributed by atoms with E-state index < -0.39 is 16.0 Å². The molecule has 2 heterocycles. The van der Waals surface area contributed by atoms with Crippen LogP contribution in [0.15, 0.2) is 24.3 Å². The van der Waals surface area contributed by atoms with Gasteiger partial charge in [-0.15, -0.1) is 0 Å². The molecule has 0 unspecified atom stereocenters. The quantitative estimate of drug-likeness (QED) is 0.867. The van der Waals surface area contributed by atoms with E-state index >= 15 is 0 Å². The van der Waals surface area contributed by atoms with Gasteiger partial charge in [0.25, 0.3) is 0 Å². The average molecular weight is 365 g/mol. The normalized spacial score (nSPS) is 22.3. The van der Waals surface area contributed by atoms with E-state index in [0.717, 1.165) is 16.9 Å². The molecule has 1 aliphatic heterocycles. The number of nitrogens with zero attached hydrogens (tertiary/aromatic N) is 3. The maximum atomic E-state index is 11.9. The van der Waals surface area contributed by atoms with Crippen LogP contribution < -0.4 is 0 Å². The number of rotatable bonds is 5. The highest BCUT2D eigenvalue weighted by atomic mass is 32.2. The minimum Gasteiger partial charge on any atom is -0.481 e. The lowest BCUT2D eigenvalue weighted by atomic mass is 9.82. The van der Waals surface area contributed by atoms with Gasteiger partial charge in [-0.2, -0.15) is 0 Å². The van der Waals surface area contributed by atoms with Crippen molar-refractivity contribution in [1.29, 1.82) is 0 Å². The number of para-hydroxylation sites is 2. The molecule has 1 saturated heterocycles. The van der Waals surface area contributed by atoms with Crippen LogP contribution in [0.5, 0.6) is 0 Å². The van der Waals surface area contributed by atoms with Crippen molar-refractivity contribution in [3.05, 3.63) is 30.1 Å². The van der Waals surface area contributed by atoms with Gasteiger partial charge in [-0.05, 0) is 30.4 Å². The van der Waals surface area contributed by atoms with Crippen LogP contribution in [0.4, 0.5) is 0 Å². The van der Waals surface area contributed by atoms with Gasteiger partial charge < -0.3 is 9.67 Å². The number of hydrogen-bond donors (Lipinski definition) is 1. The van der Waals surface area contributed by atoms with Gasteiger partial charge in [-0.25, -0.2) is 17.7 Å². The Balaban J connectivity index is 1.88. The van der Waals surface area contributed by atoms with E-state index in [-0.39, 0.29) is 18.3 Å². The van der Waals surface area contributed by atoms with Gasteiger partial charge in [0.1, 0.15) is 5.82 Å². The van der Waals surface area contributed by atoms with Crippen molar-refractivity contribution < 1.29 is 18.3 Å². The first-order valence-electron chi connectivity index (χ1n) is 8.33. The summed E-state index contributed by atoms with van der Waals surface area (Å²) < 4.78 is 27.3. The molecule has 0 radical (unpaired) electrons. The predicted molar refractivity (Wildman–Crippen MR) is 94.7 cm³/mol. The molecule has 0 aliphatic carbocycles. The van der Waals surface area contributed by atoms with Crippen LogP contribution in [0.25, 0.3) is 11.0 Å². The van der Waals surface area contributed by atoms with Gasteiger partial charge in [-0.1, -0.05) is 12.1 Å². The van der Waals surface area contributed by atoms with Crippen molar-refractivity contribution in [1.82, 2.24) is 13.9 Å². The molecule has 0 amide bonds. The molecule has 7 nitrogen and oxygen atoms in total. The number of aryl methyl sites for hydroxylation is 1. The van der Waals surface area contributed by atoms with Gasteiger partial charge in [0.15, 0.2) is 0 Å². The van der Waals surface area contributed by atoms with Gasteiger partial charge in [-0.3, -0.25) is 4.79 Å². The van der Waals surface area contributed by atoms with E-state index in [1.54, 1.807) is 0 Å². The van der Waals surface area contributed by atoms with Crippen LogP contribution >= 0.6 is 0 Å². The van der Waals surface area contributed by atoms with E-state index in [1.807, 2.05) is 35.9 Å². The Kier molecular flexibility index (Phi) is 4.83. The molecule has 0 spiro atoms. The summed E-state index contributed by atoms with van der Waals surface area (Å²) in [5.74, 6) is -0.0878. The van der Waals surface area contributed by atoms with Crippen molar-refractivity contribution in [2.45, 2.75) is 19.3 Å². The van der Waals surface area contributed by atoms with E-state index in [2.05, 4.69) is 4.98 Å². The van der Waals surface area contributed by atoms with E-state index in [0.29, 0.717) is 25.9 Å². The van der Waals surface area contributed by atoms with E-state index in [1.165, 1.54) is 10.6 Å². The lowest BCUT2D eigenvalue weighted by Gasteiger charge is -2.36. The van der Waals surface area contributed by atoms with Crippen molar-refractivity contribution in [3.63, 3.8) is 0 Å². The van der Waals surface area contributed by atoms with Crippen molar-refractivity contribution in [2.75, 3.05) is 19.3 Å². The second-order valence-corrected chi connectivity index (χ2v) is 8.79. The second kappa shape index (κ2) is 6.76. The SMILES string of the molecule is Cn1c(C[C@H]2CN(S(C)(=O)=O)CC[C@H]2CC(=O)O)nc2ccccc21. The van der Waals surface area contributed by atoms with Crippen LogP contribution in [-0.2, 0) is 28.3 Å². The summed E-state index contributed by atoms with van der Waals surface area (Å²) in [6.45, 7) is 0.732. The molecule has 1 N–H and O–H groups in total. The smallest absolute Gasteiger partial charge is 0.303 e. The Hall–Kier alpha value is -1.93. The second-order valence-electron chi connectivity index (χ2n) is 6.81. The van der Waals surface area contributed by atoms with Crippen molar-refractivity contribution in [2.24, 2.45) is 18.9 Å². The first-order valence-corrected chi connectivity index (χ1v) is 10.2. The molecule has 0 saturated carbocycles. The summed E-state index contributed by atoms with van der Waals surface area (Å²) in [6, 6.07) is 7.81. The van der Waals surface area contributed by atoms with Crippen molar-refractivity contribution >= 4 is 27.0 Å². The minimum atomic E-state index is -3.28. The standard InChI is InChI=1S/C17H23N3O4S/c1-19-15-6-4-3-5-14(15)18-16(19)9-13-11-20(25(2,23)24)8-7-12(13)10-17(21)22/h3-6,12-13H,7-11H2,1-2H3,(H,21,22)/t12-,13-/m0/s1. The molecule has 0 bridgehead atoms. The van der Waals surface area contributed by atoms with Crippen LogP contribution in [-0.4, -0.2) is 52.7 Å². The molecule has 25 heavy (non-hydrogen) atoms. The molecular formula is C17H23N3O4S. The minimum absolute atomic E-state index is 0.0460. The van der Waals surface area contributed by atoms with Gasteiger partial charge >= 0.3 is 5.97 Å². The summed E-state index contributed by atoms with van der Waals surface area (Å²) in [5, 5.41) is 9.19. The monoisotopic (exact) mass is 365 g/mol. The zero-order valence-corrected chi connectivity index (χ0v) is 15.2. The van der Waals surface area contributed by atoms with Gasteiger partial charge in [0, 0.05) is 33.0 Å². The zero-order valence-electron chi connectivity index (χ0n) is 14.4. The molecular weight excluding hydrogens is 342 g/mol. The summed E-state index contributed by atoms with van der Waals surface area (Å²) in [7, 11) is -1.34. The summed E-state index contributed by atoms with van der Waals surface area (Å²) in [6.07, 6.45) is 2.39. The fourth-order valence-corrected chi connectivity index (χ4v) is 4.58. The number of carboxylic acids is 1. The predicted octanol–water partition coefficient (Wildman–Crippen LogP) is 1.49.